The second kappa shape index (κ2) is 9.89. The average Bonchev–Trinajstić information content (AvgIpc) is 3.06. The van der Waals surface area contributed by atoms with E-state index in [0.717, 1.165) is 11.1 Å². The number of ketones is 1. The van der Waals surface area contributed by atoms with Crippen LogP contribution in [0.15, 0.2) is 48.0 Å². The second-order valence-corrected chi connectivity index (χ2v) is 9.74. The van der Waals surface area contributed by atoms with E-state index in [1.165, 1.54) is 14.2 Å². The molecule has 0 bridgehead atoms. The van der Waals surface area contributed by atoms with Crippen LogP contribution in [0.2, 0.25) is 0 Å². The molecule has 1 fully saturated rings. The van der Waals surface area contributed by atoms with Crippen LogP contribution in [0.1, 0.15) is 43.5 Å². The molecule has 7 heteroatoms. The lowest BCUT2D eigenvalue weighted by molar-refractivity contribution is -0.140. The molecule has 1 atom stereocenters. The van der Waals surface area contributed by atoms with Crippen LogP contribution in [-0.2, 0) is 15.0 Å². The summed E-state index contributed by atoms with van der Waals surface area (Å²) < 4.78 is 10.6. The Labute approximate surface area is 201 Å². The largest absolute Gasteiger partial charge is 0.507 e. The van der Waals surface area contributed by atoms with Crippen molar-refractivity contribution in [3.05, 3.63) is 64.7 Å². The minimum atomic E-state index is -0.698. The molecule has 1 saturated heterocycles. The zero-order valence-electron chi connectivity index (χ0n) is 21.0. The summed E-state index contributed by atoms with van der Waals surface area (Å²) in [4.78, 5) is 29.7. The molecule has 0 aromatic heterocycles. The average molecular weight is 467 g/mol. The molecular weight excluding hydrogens is 432 g/mol. The first-order valence-electron chi connectivity index (χ1n) is 11.3. The summed E-state index contributed by atoms with van der Waals surface area (Å²) in [5.41, 5.74) is 2.32. The number of aliphatic hydroxyl groups excluding tert-OH is 1. The molecule has 2 aromatic carbocycles. The van der Waals surface area contributed by atoms with Gasteiger partial charge in [0.2, 0.25) is 0 Å². The van der Waals surface area contributed by atoms with Crippen LogP contribution in [0, 0.1) is 0 Å². The maximum atomic E-state index is 13.2. The number of carbonyl (C=O) groups excluding carboxylic acids is 2. The molecule has 2 aromatic rings. The van der Waals surface area contributed by atoms with Crippen molar-refractivity contribution >= 4 is 17.4 Å². The van der Waals surface area contributed by atoms with Crippen molar-refractivity contribution in [2.75, 3.05) is 41.4 Å². The fraction of sp³-hybridized carbons (Fsp3) is 0.407. The van der Waals surface area contributed by atoms with Gasteiger partial charge in [-0.15, -0.1) is 0 Å². The van der Waals surface area contributed by atoms with Crippen LogP contribution < -0.4 is 9.47 Å². The Balaban J connectivity index is 2.16. The zero-order chi connectivity index (χ0) is 25.2. The molecule has 0 saturated carbocycles. The van der Waals surface area contributed by atoms with Crippen molar-refractivity contribution in [2.24, 2.45) is 0 Å². The third kappa shape index (κ3) is 4.94. The number of Topliss-reactive ketones (excluding diaryl/α,β-unsaturated/α-hetero) is 1. The minimum Gasteiger partial charge on any atom is -0.507 e. The lowest BCUT2D eigenvalue weighted by atomic mass is 9.85. The molecule has 1 N–H and O–H groups in total. The number of likely N-dealkylation sites (N-methyl/N-ethyl adjacent to an activating group) is 1. The van der Waals surface area contributed by atoms with Gasteiger partial charge in [-0.05, 0) is 48.8 Å². The van der Waals surface area contributed by atoms with E-state index in [1.807, 2.05) is 43.3 Å². The number of benzene rings is 2. The smallest absolute Gasteiger partial charge is 0.295 e. The maximum absolute atomic E-state index is 13.2. The van der Waals surface area contributed by atoms with Crippen molar-refractivity contribution in [1.82, 2.24) is 9.80 Å². The quantitative estimate of drug-likeness (QED) is 0.378. The highest BCUT2D eigenvalue weighted by molar-refractivity contribution is 6.46. The van der Waals surface area contributed by atoms with E-state index in [4.69, 9.17) is 9.47 Å². The van der Waals surface area contributed by atoms with Gasteiger partial charge in [0.15, 0.2) is 11.5 Å². The van der Waals surface area contributed by atoms with Crippen LogP contribution in [0.4, 0.5) is 0 Å². The Morgan fingerprint density at radius 1 is 1.00 bits per heavy atom. The Bertz CT molecular complexity index is 1100. The third-order valence-electron chi connectivity index (χ3n) is 6.08. The highest BCUT2D eigenvalue weighted by Gasteiger charge is 2.46. The Kier molecular flexibility index (Phi) is 7.36. The fourth-order valence-corrected chi connectivity index (χ4v) is 4.07. The summed E-state index contributed by atoms with van der Waals surface area (Å²) in [6, 6.07) is 12.1. The minimum absolute atomic E-state index is 0.0368. The van der Waals surface area contributed by atoms with Gasteiger partial charge in [0.25, 0.3) is 11.7 Å². The number of ether oxygens (including phenoxy) is 2. The van der Waals surface area contributed by atoms with Gasteiger partial charge in [0.05, 0.1) is 25.8 Å². The molecule has 1 heterocycles. The standard InChI is InChI=1S/C27H34N2O5/c1-27(2,3)19-11-8-17(9-12-19)23-22(25(31)26(32)29(23)15-14-28(4)5)24(30)18-10-13-20(33-6)21(16-18)34-7/h8-13,16,23,30H,14-15H2,1-7H3/t23-/m1/s1. The first-order chi connectivity index (χ1) is 16.0. The molecule has 0 radical (unpaired) electrons. The molecule has 1 amide bonds. The lowest BCUT2D eigenvalue weighted by Crippen LogP contribution is -2.35. The topological polar surface area (TPSA) is 79.3 Å². The van der Waals surface area contributed by atoms with Gasteiger partial charge in [-0.3, -0.25) is 9.59 Å². The molecule has 1 aliphatic rings. The van der Waals surface area contributed by atoms with Crippen LogP contribution >= 0.6 is 0 Å². The molecule has 0 unspecified atom stereocenters. The van der Waals surface area contributed by atoms with Gasteiger partial charge < -0.3 is 24.4 Å². The van der Waals surface area contributed by atoms with E-state index in [9.17, 15) is 14.7 Å². The number of likely N-dealkylation sites (tertiary alicyclic amines) is 1. The molecule has 34 heavy (non-hydrogen) atoms. The van der Waals surface area contributed by atoms with Crippen molar-refractivity contribution < 1.29 is 24.2 Å². The van der Waals surface area contributed by atoms with Gasteiger partial charge in [0, 0.05) is 18.7 Å². The van der Waals surface area contributed by atoms with Gasteiger partial charge in [-0.2, -0.15) is 0 Å². The molecule has 7 nitrogen and oxygen atoms in total. The van der Waals surface area contributed by atoms with Gasteiger partial charge in [0.1, 0.15) is 5.76 Å². The first kappa shape index (κ1) is 25.3. The number of nitrogens with zero attached hydrogens (tertiary/aromatic N) is 2. The number of rotatable bonds is 7. The number of carbonyl (C=O) groups is 2. The molecule has 182 valence electrons. The third-order valence-corrected chi connectivity index (χ3v) is 6.08. The maximum Gasteiger partial charge on any atom is 0.295 e. The summed E-state index contributed by atoms with van der Waals surface area (Å²) in [5.74, 6) is -0.638. The van der Waals surface area contributed by atoms with E-state index < -0.39 is 17.7 Å². The summed E-state index contributed by atoms with van der Waals surface area (Å²) in [5, 5.41) is 11.3. The SMILES string of the molecule is COc1ccc(C(O)=C2C(=O)C(=O)N(CCN(C)C)[C@@H]2c2ccc(C(C)(C)C)cc2)cc1OC. The van der Waals surface area contributed by atoms with Crippen molar-refractivity contribution in [1.29, 1.82) is 0 Å². The summed E-state index contributed by atoms with van der Waals surface area (Å²) in [7, 11) is 6.84. The summed E-state index contributed by atoms with van der Waals surface area (Å²) in [6.07, 6.45) is 0. The zero-order valence-corrected chi connectivity index (χ0v) is 21.0. The Morgan fingerprint density at radius 3 is 2.15 bits per heavy atom. The fourth-order valence-electron chi connectivity index (χ4n) is 4.07. The number of aliphatic hydroxyl groups is 1. The van der Waals surface area contributed by atoms with Crippen molar-refractivity contribution in [3.8, 4) is 11.5 Å². The van der Waals surface area contributed by atoms with Gasteiger partial charge in [-0.25, -0.2) is 0 Å². The van der Waals surface area contributed by atoms with E-state index in [-0.39, 0.29) is 16.7 Å². The number of methoxy groups -OCH3 is 2. The van der Waals surface area contributed by atoms with Crippen molar-refractivity contribution in [2.45, 2.75) is 32.2 Å². The second-order valence-electron chi connectivity index (χ2n) is 9.74. The van der Waals surface area contributed by atoms with E-state index in [1.54, 1.807) is 23.1 Å². The van der Waals surface area contributed by atoms with E-state index in [2.05, 4.69) is 20.8 Å². The van der Waals surface area contributed by atoms with Crippen molar-refractivity contribution in [3.63, 3.8) is 0 Å². The predicted octanol–water partition coefficient (Wildman–Crippen LogP) is 3.98. The summed E-state index contributed by atoms with van der Waals surface area (Å²) in [6.45, 7) is 7.32. The lowest BCUT2D eigenvalue weighted by Gasteiger charge is -2.27. The van der Waals surface area contributed by atoms with E-state index in [0.29, 0.717) is 30.2 Å². The monoisotopic (exact) mass is 466 g/mol. The predicted molar refractivity (Wildman–Crippen MR) is 132 cm³/mol. The molecule has 1 aliphatic heterocycles. The van der Waals surface area contributed by atoms with Gasteiger partial charge in [-0.1, -0.05) is 45.0 Å². The number of hydrogen-bond acceptors (Lipinski definition) is 6. The highest BCUT2D eigenvalue weighted by Crippen LogP contribution is 2.41. The molecule has 0 aliphatic carbocycles. The van der Waals surface area contributed by atoms with Gasteiger partial charge >= 0.3 is 0 Å². The normalized spacial score (nSPS) is 18.0. The van der Waals surface area contributed by atoms with E-state index >= 15 is 0 Å². The Hall–Kier alpha value is -3.32. The number of amides is 1. The highest BCUT2D eigenvalue weighted by atomic mass is 16.5. The van der Waals surface area contributed by atoms with Crippen LogP contribution in [0.3, 0.4) is 0 Å². The Morgan fingerprint density at radius 2 is 1.62 bits per heavy atom. The summed E-state index contributed by atoms with van der Waals surface area (Å²) >= 11 is 0. The first-order valence-corrected chi connectivity index (χ1v) is 11.3. The molecular formula is C27H34N2O5. The van der Waals surface area contributed by atoms with Crippen LogP contribution in [-0.4, -0.2) is 68.0 Å². The van der Waals surface area contributed by atoms with Crippen LogP contribution in [0.25, 0.3) is 5.76 Å². The van der Waals surface area contributed by atoms with Crippen LogP contribution in [0.5, 0.6) is 11.5 Å². The molecule has 0 spiro atoms. The number of hydrogen-bond donors (Lipinski definition) is 1. The molecule has 3 rings (SSSR count).